The van der Waals surface area contributed by atoms with Crippen LogP contribution >= 0.6 is 0 Å². The summed E-state index contributed by atoms with van der Waals surface area (Å²) in [6.07, 6.45) is 2.66. The molecule has 2 aliphatic rings. The van der Waals surface area contributed by atoms with Crippen LogP contribution in [-0.4, -0.2) is 72.8 Å². The lowest BCUT2D eigenvalue weighted by molar-refractivity contribution is -0.134. The first-order valence-corrected chi connectivity index (χ1v) is 9.60. The topological polar surface area (TPSA) is 79.4 Å². The van der Waals surface area contributed by atoms with Gasteiger partial charge in [-0.15, -0.1) is 0 Å². The van der Waals surface area contributed by atoms with E-state index < -0.39 is 11.6 Å². The van der Waals surface area contributed by atoms with Crippen LogP contribution in [0.4, 0.5) is 15.3 Å². The van der Waals surface area contributed by atoms with Gasteiger partial charge in [0.2, 0.25) is 0 Å². The molecular formula is C21H27N3O5. The molecule has 156 valence electrons. The quantitative estimate of drug-likeness (QED) is 0.575. The number of ether oxygens (including phenoxy) is 2. The van der Waals surface area contributed by atoms with Gasteiger partial charge in [-0.2, -0.15) is 0 Å². The van der Waals surface area contributed by atoms with Crippen LogP contribution in [0.5, 0.6) is 0 Å². The Bertz CT molecular complexity index is 813. The fraction of sp³-hybridized carbons (Fsp3) is 0.476. The van der Waals surface area contributed by atoms with Crippen LogP contribution in [0, 0.1) is 0 Å². The molecule has 0 aliphatic carbocycles. The lowest BCUT2D eigenvalue weighted by Gasteiger charge is -2.36. The minimum absolute atomic E-state index is 0.0586. The number of carbonyl (C=O) groups is 3. The zero-order valence-corrected chi connectivity index (χ0v) is 17.3. The van der Waals surface area contributed by atoms with E-state index in [4.69, 9.17) is 4.74 Å². The van der Waals surface area contributed by atoms with E-state index >= 15 is 0 Å². The second-order valence-electron chi connectivity index (χ2n) is 8.11. The van der Waals surface area contributed by atoms with Gasteiger partial charge in [0, 0.05) is 37.9 Å². The second kappa shape index (κ2) is 8.14. The van der Waals surface area contributed by atoms with Crippen molar-refractivity contribution in [3.8, 4) is 0 Å². The summed E-state index contributed by atoms with van der Waals surface area (Å²) in [5.41, 5.74) is 1.07. The number of anilines is 1. The molecule has 2 heterocycles. The Morgan fingerprint density at radius 1 is 1.10 bits per heavy atom. The summed E-state index contributed by atoms with van der Waals surface area (Å²) in [4.78, 5) is 41.6. The number of rotatable bonds is 3. The average molecular weight is 401 g/mol. The number of amides is 3. The number of esters is 1. The van der Waals surface area contributed by atoms with Crippen LogP contribution in [-0.2, 0) is 14.3 Å². The maximum atomic E-state index is 12.8. The van der Waals surface area contributed by atoms with E-state index in [0.29, 0.717) is 26.2 Å². The monoisotopic (exact) mass is 401 g/mol. The Labute approximate surface area is 170 Å². The van der Waals surface area contributed by atoms with E-state index in [1.54, 1.807) is 15.9 Å². The molecule has 0 N–H and O–H groups in total. The molecule has 1 aromatic rings. The number of carbonyl (C=O) groups excluding carboxylic acids is 3. The smallest absolute Gasteiger partial charge is 0.410 e. The molecule has 1 atom stereocenters. The van der Waals surface area contributed by atoms with Crippen molar-refractivity contribution >= 4 is 29.9 Å². The number of nitrogens with zero attached hydrogens (tertiary/aromatic N) is 3. The Balaban J connectivity index is 1.65. The van der Waals surface area contributed by atoms with E-state index in [9.17, 15) is 14.4 Å². The van der Waals surface area contributed by atoms with Gasteiger partial charge in [-0.3, -0.25) is 4.90 Å². The predicted octanol–water partition coefficient (Wildman–Crippen LogP) is 2.73. The SMILES string of the molecule is COC(=O)C=Cc1ccc(N2CC3CN(C(=O)OC(C)(C)C)CCN3C2=O)cc1. The van der Waals surface area contributed by atoms with Crippen molar-refractivity contribution in [2.45, 2.75) is 32.4 Å². The fourth-order valence-electron chi connectivity index (χ4n) is 3.41. The largest absolute Gasteiger partial charge is 0.466 e. The molecule has 2 saturated heterocycles. The summed E-state index contributed by atoms with van der Waals surface area (Å²) in [5, 5.41) is 0. The van der Waals surface area contributed by atoms with Crippen LogP contribution in [0.15, 0.2) is 30.3 Å². The molecule has 0 aromatic heterocycles. The first-order valence-electron chi connectivity index (χ1n) is 9.60. The van der Waals surface area contributed by atoms with Gasteiger partial charge >= 0.3 is 18.1 Å². The first kappa shape index (κ1) is 20.7. The van der Waals surface area contributed by atoms with Gasteiger partial charge in [0.1, 0.15) is 5.60 Å². The number of piperazine rings is 1. The molecule has 0 radical (unpaired) electrons. The minimum atomic E-state index is -0.546. The molecule has 3 amide bonds. The van der Waals surface area contributed by atoms with Crippen LogP contribution < -0.4 is 4.90 Å². The Morgan fingerprint density at radius 3 is 2.41 bits per heavy atom. The van der Waals surface area contributed by atoms with Crippen LogP contribution in [0.3, 0.4) is 0 Å². The van der Waals surface area contributed by atoms with Crippen molar-refractivity contribution in [3.63, 3.8) is 0 Å². The molecule has 0 spiro atoms. The highest BCUT2D eigenvalue weighted by atomic mass is 16.6. The van der Waals surface area contributed by atoms with E-state index in [1.807, 2.05) is 49.9 Å². The molecule has 1 aromatic carbocycles. The molecule has 2 aliphatic heterocycles. The molecule has 29 heavy (non-hydrogen) atoms. The number of methoxy groups -OCH3 is 1. The summed E-state index contributed by atoms with van der Waals surface area (Å²) < 4.78 is 10.0. The molecule has 8 nitrogen and oxygen atoms in total. The first-order chi connectivity index (χ1) is 13.7. The molecule has 8 heteroatoms. The minimum Gasteiger partial charge on any atom is -0.466 e. The number of hydrogen-bond acceptors (Lipinski definition) is 5. The highest BCUT2D eigenvalue weighted by Gasteiger charge is 2.42. The Kier molecular flexibility index (Phi) is 5.81. The van der Waals surface area contributed by atoms with E-state index in [0.717, 1.165) is 11.3 Å². The summed E-state index contributed by atoms with van der Waals surface area (Å²) in [7, 11) is 1.33. The summed E-state index contributed by atoms with van der Waals surface area (Å²) in [5.74, 6) is -0.421. The molecule has 0 saturated carbocycles. The average Bonchev–Trinajstić information content (AvgIpc) is 3.01. The van der Waals surface area contributed by atoms with Gasteiger partial charge in [-0.25, -0.2) is 14.4 Å². The summed E-state index contributed by atoms with van der Waals surface area (Å²) >= 11 is 0. The maximum Gasteiger partial charge on any atom is 0.410 e. The van der Waals surface area contributed by atoms with E-state index in [2.05, 4.69) is 4.74 Å². The van der Waals surface area contributed by atoms with Gasteiger partial charge in [0.25, 0.3) is 0 Å². The van der Waals surface area contributed by atoms with Crippen molar-refractivity contribution in [2.75, 3.05) is 38.2 Å². The lowest BCUT2D eigenvalue weighted by Crippen LogP contribution is -2.54. The van der Waals surface area contributed by atoms with Crippen LogP contribution in [0.25, 0.3) is 6.08 Å². The third-order valence-corrected chi connectivity index (χ3v) is 4.82. The molecule has 1 unspecified atom stereocenters. The molecule has 0 bridgehead atoms. The predicted molar refractivity (Wildman–Crippen MR) is 109 cm³/mol. The van der Waals surface area contributed by atoms with Crippen molar-refractivity contribution in [1.29, 1.82) is 0 Å². The van der Waals surface area contributed by atoms with Crippen molar-refractivity contribution in [3.05, 3.63) is 35.9 Å². The van der Waals surface area contributed by atoms with Gasteiger partial charge in [0.05, 0.1) is 13.2 Å². The fourth-order valence-corrected chi connectivity index (χ4v) is 3.41. The maximum absolute atomic E-state index is 12.8. The summed E-state index contributed by atoms with van der Waals surface area (Å²) in [6, 6.07) is 7.25. The van der Waals surface area contributed by atoms with Crippen molar-refractivity contribution in [2.24, 2.45) is 0 Å². The van der Waals surface area contributed by atoms with E-state index in [-0.39, 0.29) is 18.2 Å². The Hall–Kier alpha value is -3.03. The summed E-state index contributed by atoms with van der Waals surface area (Å²) in [6.45, 7) is 7.43. The second-order valence-corrected chi connectivity index (χ2v) is 8.11. The van der Waals surface area contributed by atoms with Crippen molar-refractivity contribution in [1.82, 2.24) is 9.80 Å². The Morgan fingerprint density at radius 2 is 1.79 bits per heavy atom. The lowest BCUT2D eigenvalue weighted by atomic mass is 10.1. The zero-order valence-electron chi connectivity index (χ0n) is 17.3. The number of urea groups is 1. The van der Waals surface area contributed by atoms with Crippen molar-refractivity contribution < 1.29 is 23.9 Å². The van der Waals surface area contributed by atoms with Gasteiger partial charge < -0.3 is 19.3 Å². The van der Waals surface area contributed by atoms with Gasteiger partial charge in [-0.05, 0) is 44.5 Å². The third-order valence-electron chi connectivity index (χ3n) is 4.82. The highest BCUT2D eigenvalue weighted by molar-refractivity contribution is 5.95. The van der Waals surface area contributed by atoms with Gasteiger partial charge in [0.15, 0.2) is 0 Å². The molecular weight excluding hydrogens is 374 g/mol. The number of hydrogen-bond donors (Lipinski definition) is 0. The van der Waals surface area contributed by atoms with Crippen LogP contribution in [0.2, 0.25) is 0 Å². The number of fused-ring (bicyclic) bond motifs is 1. The van der Waals surface area contributed by atoms with Gasteiger partial charge in [-0.1, -0.05) is 12.1 Å². The molecule has 3 rings (SSSR count). The molecule has 2 fully saturated rings. The third kappa shape index (κ3) is 4.88. The van der Waals surface area contributed by atoms with E-state index in [1.165, 1.54) is 13.2 Å². The number of benzene rings is 1. The normalized spacial score (nSPS) is 19.5. The standard InChI is InChI=1S/C21H27N3O5/c1-21(2,3)29-20(27)22-11-12-23-17(13-22)14-24(19(23)26)16-8-5-15(6-9-16)7-10-18(25)28-4/h5-10,17H,11-14H2,1-4H3. The van der Waals surface area contributed by atoms with Crippen LogP contribution in [0.1, 0.15) is 26.3 Å². The zero-order chi connectivity index (χ0) is 21.2. The highest BCUT2D eigenvalue weighted by Crippen LogP contribution is 2.27.